The maximum atomic E-state index is 12.2. The summed E-state index contributed by atoms with van der Waals surface area (Å²) < 4.78 is 0. The van der Waals surface area contributed by atoms with Gasteiger partial charge in [-0.1, -0.05) is 54.3 Å². The lowest BCUT2D eigenvalue weighted by Crippen LogP contribution is -2.05. The van der Waals surface area contributed by atoms with Gasteiger partial charge < -0.3 is 0 Å². The Balaban J connectivity index is 1.78. The summed E-state index contributed by atoms with van der Waals surface area (Å²) in [4.78, 5) is 28.5. The first-order chi connectivity index (χ1) is 12.7. The molecule has 26 heavy (non-hydrogen) atoms. The van der Waals surface area contributed by atoms with Gasteiger partial charge in [0, 0.05) is 11.1 Å². The third kappa shape index (κ3) is 4.54. The van der Waals surface area contributed by atoms with Gasteiger partial charge in [0.15, 0.2) is 0 Å². The smallest absolute Gasteiger partial charge is 0.254 e. The average Bonchev–Trinajstić information content (AvgIpc) is 2.72. The fourth-order valence-electron chi connectivity index (χ4n) is 2.12. The zero-order chi connectivity index (χ0) is 18.2. The molecule has 0 N–H and O–H groups in total. The van der Waals surface area contributed by atoms with Crippen molar-refractivity contribution < 1.29 is 9.59 Å². The molecule has 0 unspecified atom stereocenters. The molecule has 0 fully saturated rings. The Kier molecular flexibility index (Phi) is 5.35. The van der Waals surface area contributed by atoms with Crippen molar-refractivity contribution in [2.45, 2.75) is 0 Å². The summed E-state index contributed by atoms with van der Waals surface area (Å²) in [7, 11) is 0. The topological polar surface area (TPSA) is 47.0 Å². The average molecular weight is 335 g/mol. The molecule has 1 heterocycles. The lowest BCUT2D eigenvalue weighted by atomic mass is 10.1. The fraction of sp³-hybridized carbons (Fsp3) is 0. The Morgan fingerprint density at radius 2 is 1.00 bits per heavy atom. The van der Waals surface area contributed by atoms with Crippen LogP contribution in [0.25, 0.3) is 0 Å². The van der Waals surface area contributed by atoms with Crippen molar-refractivity contribution in [3.05, 3.63) is 101 Å². The van der Waals surface area contributed by atoms with Gasteiger partial charge in [-0.3, -0.25) is 9.59 Å². The predicted octanol–water partition coefficient (Wildman–Crippen LogP) is 3.55. The van der Waals surface area contributed by atoms with Crippen LogP contribution in [0, 0.1) is 23.7 Å². The number of carbonyl (C=O) groups excluding carboxylic acids is 2. The van der Waals surface area contributed by atoms with E-state index in [9.17, 15) is 9.59 Å². The van der Waals surface area contributed by atoms with Gasteiger partial charge in [-0.05, 0) is 48.2 Å². The maximum absolute atomic E-state index is 12.2. The number of benzene rings is 2. The van der Waals surface area contributed by atoms with Crippen LogP contribution < -0.4 is 0 Å². The van der Waals surface area contributed by atoms with Crippen LogP contribution in [0.2, 0.25) is 0 Å². The van der Waals surface area contributed by atoms with Crippen molar-refractivity contribution >= 4 is 11.6 Å². The van der Waals surface area contributed by atoms with E-state index in [-0.39, 0.29) is 11.4 Å². The largest absolute Gasteiger partial charge is 0.277 e. The summed E-state index contributed by atoms with van der Waals surface area (Å²) in [5.74, 6) is 9.76. The number of nitrogens with zero attached hydrogens (tertiary/aromatic N) is 1. The Bertz CT molecular complexity index is 978. The molecule has 3 nitrogen and oxygen atoms in total. The zero-order valence-corrected chi connectivity index (χ0v) is 13.8. The Morgan fingerprint density at radius 1 is 0.577 bits per heavy atom. The quantitative estimate of drug-likeness (QED) is 0.531. The van der Waals surface area contributed by atoms with Crippen molar-refractivity contribution in [3.63, 3.8) is 0 Å². The molecule has 0 spiro atoms. The summed E-state index contributed by atoms with van der Waals surface area (Å²) in [6.45, 7) is 0. The van der Waals surface area contributed by atoms with E-state index in [4.69, 9.17) is 0 Å². The normalized spacial score (nSPS) is 9.23. The third-order valence-corrected chi connectivity index (χ3v) is 3.40. The molecule has 0 aliphatic carbocycles. The van der Waals surface area contributed by atoms with Gasteiger partial charge in [0.1, 0.15) is 11.4 Å². The summed E-state index contributed by atoms with van der Waals surface area (Å²) in [5.41, 5.74) is 1.73. The second kappa shape index (κ2) is 8.24. The summed E-state index contributed by atoms with van der Waals surface area (Å²) in [6.07, 6.45) is 0. The highest BCUT2D eigenvalue weighted by Gasteiger charge is 2.09. The lowest BCUT2D eigenvalue weighted by Gasteiger charge is -1.96. The molecule has 0 saturated carbocycles. The second-order valence-corrected chi connectivity index (χ2v) is 5.30. The van der Waals surface area contributed by atoms with Gasteiger partial charge in [-0.25, -0.2) is 4.98 Å². The van der Waals surface area contributed by atoms with E-state index < -0.39 is 11.6 Å². The SMILES string of the molecule is O=C(C#Cc1ccccc1)c1cccc(C(=O)C#Cc2ccccc2)n1. The van der Waals surface area contributed by atoms with Crippen LogP contribution >= 0.6 is 0 Å². The molecule has 3 heteroatoms. The minimum atomic E-state index is -0.445. The van der Waals surface area contributed by atoms with Crippen LogP contribution in [0.3, 0.4) is 0 Å². The van der Waals surface area contributed by atoms with E-state index >= 15 is 0 Å². The van der Waals surface area contributed by atoms with Crippen LogP contribution in [-0.4, -0.2) is 16.6 Å². The molecule has 0 aliphatic heterocycles. The van der Waals surface area contributed by atoms with Crippen molar-refractivity contribution in [2.24, 2.45) is 0 Å². The molecule has 0 aliphatic rings. The molecule has 0 radical (unpaired) electrons. The first-order valence-electron chi connectivity index (χ1n) is 7.92. The van der Waals surface area contributed by atoms with Gasteiger partial charge in [0.25, 0.3) is 11.6 Å². The number of aromatic nitrogens is 1. The van der Waals surface area contributed by atoms with Gasteiger partial charge in [0.05, 0.1) is 0 Å². The van der Waals surface area contributed by atoms with E-state index in [0.717, 1.165) is 11.1 Å². The van der Waals surface area contributed by atoms with E-state index in [2.05, 4.69) is 28.7 Å². The van der Waals surface area contributed by atoms with E-state index in [1.54, 1.807) is 6.07 Å². The number of rotatable bonds is 2. The fourth-order valence-corrected chi connectivity index (χ4v) is 2.12. The minimum Gasteiger partial charge on any atom is -0.277 e. The van der Waals surface area contributed by atoms with Crippen molar-refractivity contribution in [3.8, 4) is 23.7 Å². The van der Waals surface area contributed by atoms with Crippen LogP contribution in [-0.2, 0) is 0 Å². The number of carbonyl (C=O) groups is 2. The standard InChI is InChI=1S/C23H13NO2/c25-22(16-14-18-8-3-1-4-9-18)20-12-7-13-21(24-20)23(26)17-15-19-10-5-2-6-11-19/h1-13H. The van der Waals surface area contributed by atoms with E-state index in [1.807, 2.05) is 60.7 Å². The number of hydrogen-bond donors (Lipinski definition) is 0. The highest BCUT2D eigenvalue weighted by molar-refractivity contribution is 6.11. The van der Waals surface area contributed by atoms with Crippen LogP contribution in [0.15, 0.2) is 78.9 Å². The molecular formula is C23H13NO2. The molecule has 1 aromatic heterocycles. The Morgan fingerprint density at radius 3 is 1.42 bits per heavy atom. The predicted molar refractivity (Wildman–Crippen MR) is 99.5 cm³/mol. The van der Waals surface area contributed by atoms with Gasteiger partial charge in [0.2, 0.25) is 0 Å². The monoisotopic (exact) mass is 335 g/mol. The van der Waals surface area contributed by atoms with E-state index in [1.165, 1.54) is 12.1 Å². The van der Waals surface area contributed by atoms with Crippen molar-refractivity contribution in [1.29, 1.82) is 0 Å². The number of pyridine rings is 1. The van der Waals surface area contributed by atoms with Crippen LogP contribution in [0.5, 0.6) is 0 Å². The first kappa shape index (κ1) is 16.9. The maximum Gasteiger partial charge on any atom is 0.254 e. The summed E-state index contributed by atoms with van der Waals surface area (Å²) in [6, 6.07) is 23.0. The molecule has 0 bridgehead atoms. The van der Waals surface area contributed by atoms with Crippen molar-refractivity contribution in [1.82, 2.24) is 4.98 Å². The molecule has 0 atom stereocenters. The summed E-state index contributed by atoms with van der Waals surface area (Å²) in [5, 5.41) is 0. The molecule has 3 aromatic rings. The van der Waals surface area contributed by atoms with E-state index in [0.29, 0.717) is 0 Å². The molecule has 3 rings (SSSR count). The highest BCUT2D eigenvalue weighted by atomic mass is 16.1. The number of Topliss-reactive ketones (excluding diaryl/α,β-unsaturated/α-hetero) is 2. The Labute approximate surface area is 151 Å². The molecule has 0 amide bonds. The molecule has 2 aromatic carbocycles. The lowest BCUT2D eigenvalue weighted by molar-refractivity contribution is 0.104. The second-order valence-electron chi connectivity index (χ2n) is 5.30. The molecule has 0 saturated heterocycles. The van der Waals surface area contributed by atoms with Gasteiger partial charge >= 0.3 is 0 Å². The molecule has 122 valence electrons. The summed E-state index contributed by atoms with van der Waals surface area (Å²) >= 11 is 0. The van der Waals surface area contributed by atoms with Gasteiger partial charge in [-0.15, -0.1) is 0 Å². The van der Waals surface area contributed by atoms with Crippen LogP contribution in [0.4, 0.5) is 0 Å². The first-order valence-corrected chi connectivity index (χ1v) is 7.92. The highest BCUT2D eigenvalue weighted by Crippen LogP contribution is 2.03. The molecular weight excluding hydrogens is 322 g/mol. The number of ketones is 2. The van der Waals surface area contributed by atoms with Crippen molar-refractivity contribution in [2.75, 3.05) is 0 Å². The van der Waals surface area contributed by atoms with Gasteiger partial charge in [-0.2, -0.15) is 0 Å². The Hall–Kier alpha value is -3.95. The third-order valence-electron chi connectivity index (χ3n) is 3.40. The number of hydrogen-bond acceptors (Lipinski definition) is 3. The zero-order valence-electron chi connectivity index (χ0n) is 13.8. The van der Waals surface area contributed by atoms with Crippen LogP contribution in [0.1, 0.15) is 32.1 Å². The minimum absolute atomic E-state index is 0.126.